The second kappa shape index (κ2) is 9.61. The highest BCUT2D eigenvalue weighted by molar-refractivity contribution is 7.92. The van der Waals surface area contributed by atoms with Crippen LogP contribution in [-0.4, -0.2) is 26.5 Å². The first-order valence-electron chi connectivity index (χ1n) is 9.63. The molecule has 9 heteroatoms. The molecule has 0 heterocycles. The van der Waals surface area contributed by atoms with Gasteiger partial charge in [-0.05, 0) is 48.5 Å². The van der Waals surface area contributed by atoms with Crippen molar-refractivity contribution in [2.24, 2.45) is 0 Å². The number of carbonyl (C=O) groups is 2. The molecule has 0 saturated carbocycles. The minimum atomic E-state index is -3.70. The molecule has 2 amide bonds. The molecule has 3 aromatic rings. The fourth-order valence-corrected chi connectivity index (χ4v) is 3.92. The predicted molar refractivity (Wildman–Crippen MR) is 123 cm³/mol. The van der Waals surface area contributed by atoms with Crippen LogP contribution in [0.3, 0.4) is 0 Å². The minimum absolute atomic E-state index is 0.174. The van der Waals surface area contributed by atoms with Gasteiger partial charge in [0.15, 0.2) is 0 Å². The van der Waals surface area contributed by atoms with E-state index in [1.165, 1.54) is 49.4 Å². The third-order valence-corrected chi connectivity index (χ3v) is 5.67. The Labute approximate surface area is 185 Å². The van der Waals surface area contributed by atoms with Gasteiger partial charge in [0, 0.05) is 29.4 Å². The Morgan fingerprint density at radius 2 is 1.53 bits per heavy atom. The lowest BCUT2D eigenvalue weighted by molar-refractivity contribution is -0.114. The van der Waals surface area contributed by atoms with Crippen LogP contribution in [0.25, 0.3) is 0 Å². The molecule has 2 N–H and O–H groups in total. The Kier molecular flexibility index (Phi) is 6.89. The quantitative estimate of drug-likeness (QED) is 0.563. The molecule has 7 nitrogen and oxygen atoms in total. The molecule has 0 aromatic heterocycles. The van der Waals surface area contributed by atoms with Crippen LogP contribution in [0.1, 0.15) is 22.8 Å². The molecule has 0 atom stereocenters. The molecule has 0 unspecified atom stereocenters. The van der Waals surface area contributed by atoms with E-state index in [1.54, 1.807) is 30.3 Å². The monoisotopic (exact) mass is 455 g/mol. The molecular formula is C23H22FN3O4S. The van der Waals surface area contributed by atoms with Gasteiger partial charge in [-0.3, -0.25) is 13.9 Å². The first-order chi connectivity index (χ1) is 15.1. The van der Waals surface area contributed by atoms with Crippen LogP contribution in [0.5, 0.6) is 0 Å². The van der Waals surface area contributed by atoms with E-state index in [4.69, 9.17) is 0 Å². The van der Waals surface area contributed by atoms with Gasteiger partial charge in [0.2, 0.25) is 15.9 Å². The fraction of sp³-hybridized carbons (Fsp3) is 0.130. The van der Waals surface area contributed by atoms with Crippen LogP contribution in [0.2, 0.25) is 0 Å². The van der Waals surface area contributed by atoms with E-state index in [2.05, 4.69) is 10.6 Å². The Bertz CT molecular complexity index is 1240. The van der Waals surface area contributed by atoms with Gasteiger partial charge in [-0.2, -0.15) is 0 Å². The highest BCUT2D eigenvalue weighted by Gasteiger charge is 2.20. The van der Waals surface area contributed by atoms with Crippen LogP contribution < -0.4 is 14.9 Å². The van der Waals surface area contributed by atoms with Gasteiger partial charge in [0.25, 0.3) is 5.91 Å². The second-order valence-corrected chi connectivity index (χ2v) is 9.03. The van der Waals surface area contributed by atoms with Gasteiger partial charge in [-0.15, -0.1) is 0 Å². The van der Waals surface area contributed by atoms with Crippen LogP contribution >= 0.6 is 0 Å². The third kappa shape index (κ3) is 5.92. The lowest BCUT2D eigenvalue weighted by Gasteiger charge is -2.23. The van der Waals surface area contributed by atoms with Crippen molar-refractivity contribution in [3.8, 4) is 0 Å². The van der Waals surface area contributed by atoms with E-state index in [0.29, 0.717) is 22.6 Å². The molecular weight excluding hydrogens is 433 g/mol. The minimum Gasteiger partial charge on any atom is -0.326 e. The van der Waals surface area contributed by atoms with Crippen molar-refractivity contribution < 1.29 is 22.4 Å². The Morgan fingerprint density at radius 3 is 2.12 bits per heavy atom. The normalized spacial score (nSPS) is 11.0. The molecule has 0 radical (unpaired) electrons. The Morgan fingerprint density at radius 1 is 0.906 bits per heavy atom. The zero-order valence-electron chi connectivity index (χ0n) is 17.5. The zero-order chi connectivity index (χ0) is 23.3. The highest BCUT2D eigenvalue weighted by atomic mass is 32.2. The van der Waals surface area contributed by atoms with E-state index >= 15 is 0 Å². The summed E-state index contributed by atoms with van der Waals surface area (Å²) >= 11 is 0. The van der Waals surface area contributed by atoms with E-state index in [9.17, 15) is 22.4 Å². The van der Waals surface area contributed by atoms with Gasteiger partial charge in [-0.25, -0.2) is 12.8 Å². The van der Waals surface area contributed by atoms with E-state index in [0.717, 1.165) is 10.6 Å². The van der Waals surface area contributed by atoms with Crippen LogP contribution in [0.15, 0.2) is 72.8 Å². The van der Waals surface area contributed by atoms with Crippen molar-refractivity contribution in [1.29, 1.82) is 0 Å². The predicted octanol–water partition coefficient (Wildman–Crippen LogP) is 4.00. The number of hydrogen-bond acceptors (Lipinski definition) is 4. The van der Waals surface area contributed by atoms with Gasteiger partial charge in [-0.1, -0.05) is 24.3 Å². The SMILES string of the molecule is CC(=O)Nc1cccc(NC(=O)c2ccc(N(Cc3ccccc3F)S(C)(=O)=O)cc2)c1. The van der Waals surface area contributed by atoms with Gasteiger partial charge < -0.3 is 10.6 Å². The number of benzene rings is 3. The first-order valence-corrected chi connectivity index (χ1v) is 11.5. The van der Waals surface area contributed by atoms with Gasteiger partial charge in [0.1, 0.15) is 5.82 Å². The second-order valence-electron chi connectivity index (χ2n) is 7.12. The molecule has 3 rings (SSSR count). The topological polar surface area (TPSA) is 95.6 Å². The molecule has 0 spiro atoms. The number of hydrogen-bond donors (Lipinski definition) is 2. The molecule has 0 saturated heterocycles. The van der Waals surface area contributed by atoms with Gasteiger partial charge >= 0.3 is 0 Å². The molecule has 0 fully saturated rings. The number of carbonyl (C=O) groups excluding carboxylic acids is 2. The summed E-state index contributed by atoms with van der Waals surface area (Å²) in [4.78, 5) is 23.8. The summed E-state index contributed by atoms with van der Waals surface area (Å²) in [6, 6.07) is 18.6. The Hall–Kier alpha value is -3.72. The molecule has 32 heavy (non-hydrogen) atoms. The Balaban J connectivity index is 1.78. The number of rotatable bonds is 7. The van der Waals surface area contributed by atoms with Crippen LogP contribution in [0.4, 0.5) is 21.5 Å². The number of sulfonamides is 1. The summed E-state index contributed by atoms with van der Waals surface area (Å²) in [6.07, 6.45) is 1.04. The number of amides is 2. The molecule has 0 aliphatic rings. The van der Waals surface area contributed by atoms with Crippen molar-refractivity contribution in [2.75, 3.05) is 21.2 Å². The van der Waals surface area contributed by atoms with Crippen molar-refractivity contribution in [1.82, 2.24) is 0 Å². The van der Waals surface area contributed by atoms with Gasteiger partial charge in [0.05, 0.1) is 18.5 Å². The fourth-order valence-electron chi connectivity index (χ4n) is 3.04. The summed E-state index contributed by atoms with van der Waals surface area (Å²) in [5.41, 5.74) is 1.88. The number of halogens is 1. The zero-order valence-corrected chi connectivity index (χ0v) is 18.3. The van der Waals surface area contributed by atoms with Crippen molar-refractivity contribution in [3.63, 3.8) is 0 Å². The summed E-state index contributed by atoms with van der Waals surface area (Å²) in [5.74, 6) is -1.13. The average Bonchev–Trinajstić information content (AvgIpc) is 2.72. The molecule has 0 aliphatic heterocycles. The third-order valence-electron chi connectivity index (χ3n) is 4.53. The summed E-state index contributed by atoms with van der Waals surface area (Å²) < 4.78 is 39.7. The molecule has 0 aliphatic carbocycles. The molecule has 3 aromatic carbocycles. The lowest BCUT2D eigenvalue weighted by atomic mass is 10.1. The summed E-state index contributed by atoms with van der Waals surface area (Å²) in [6.45, 7) is 1.21. The summed E-state index contributed by atoms with van der Waals surface area (Å²) in [5, 5.41) is 5.36. The molecule has 166 valence electrons. The largest absolute Gasteiger partial charge is 0.326 e. The average molecular weight is 456 g/mol. The lowest BCUT2D eigenvalue weighted by Crippen LogP contribution is -2.29. The van der Waals surface area contributed by atoms with Crippen LogP contribution in [-0.2, 0) is 21.4 Å². The maximum Gasteiger partial charge on any atom is 0.255 e. The number of anilines is 3. The number of nitrogens with zero attached hydrogens (tertiary/aromatic N) is 1. The van der Waals surface area contributed by atoms with E-state index in [-0.39, 0.29) is 18.0 Å². The first kappa shape index (κ1) is 23.0. The van der Waals surface area contributed by atoms with Crippen molar-refractivity contribution in [2.45, 2.75) is 13.5 Å². The highest BCUT2D eigenvalue weighted by Crippen LogP contribution is 2.23. The molecule has 0 bridgehead atoms. The number of nitrogens with one attached hydrogen (secondary N) is 2. The smallest absolute Gasteiger partial charge is 0.255 e. The maximum absolute atomic E-state index is 14.0. The van der Waals surface area contributed by atoms with Crippen LogP contribution in [0, 0.1) is 5.82 Å². The van der Waals surface area contributed by atoms with E-state index < -0.39 is 21.7 Å². The standard InChI is InChI=1S/C23H22FN3O4S/c1-16(28)25-19-7-5-8-20(14-19)26-23(29)17-10-12-21(13-11-17)27(32(2,30)31)15-18-6-3-4-9-22(18)24/h3-14H,15H2,1-2H3,(H,25,28)(H,26,29). The maximum atomic E-state index is 14.0. The van der Waals surface area contributed by atoms with E-state index in [1.807, 2.05) is 0 Å². The summed E-state index contributed by atoms with van der Waals surface area (Å²) in [7, 11) is -3.70. The van der Waals surface area contributed by atoms with Crippen molar-refractivity contribution >= 4 is 38.9 Å². The van der Waals surface area contributed by atoms with Crippen molar-refractivity contribution in [3.05, 3.63) is 89.7 Å².